The summed E-state index contributed by atoms with van der Waals surface area (Å²) in [5, 5.41) is 3.79. The molecule has 1 heterocycles. The molecule has 0 aliphatic heterocycles. The molecule has 120 valence electrons. The predicted octanol–water partition coefficient (Wildman–Crippen LogP) is 6.06. The molecule has 0 amide bonds. The summed E-state index contributed by atoms with van der Waals surface area (Å²) in [6, 6.07) is 5.32. The fraction of sp³-hybridized carbons (Fsp3) is 0.789. The minimum atomic E-state index is 0.278. The Morgan fingerprint density at radius 2 is 1.71 bits per heavy atom. The molecule has 1 unspecified atom stereocenters. The lowest BCUT2D eigenvalue weighted by Gasteiger charge is -2.29. The molecule has 1 atom stereocenters. The highest BCUT2D eigenvalue weighted by Gasteiger charge is 2.26. The Hall–Kier alpha value is -0.340. The molecule has 1 aliphatic rings. The molecule has 0 radical (unpaired) electrons. The first-order valence-electron chi connectivity index (χ1n) is 8.86. The van der Waals surface area contributed by atoms with E-state index in [0.717, 1.165) is 12.5 Å². The molecular formula is C19H33NS. The Kier molecular flexibility index (Phi) is 6.31. The van der Waals surface area contributed by atoms with Crippen LogP contribution in [0.15, 0.2) is 12.1 Å². The lowest BCUT2D eigenvalue weighted by Crippen LogP contribution is -2.28. The van der Waals surface area contributed by atoms with E-state index >= 15 is 0 Å². The van der Waals surface area contributed by atoms with Gasteiger partial charge in [-0.3, -0.25) is 0 Å². The Balaban J connectivity index is 2.14. The van der Waals surface area contributed by atoms with Crippen LogP contribution < -0.4 is 5.32 Å². The van der Waals surface area contributed by atoms with E-state index in [1.54, 1.807) is 4.88 Å². The minimum Gasteiger partial charge on any atom is -0.309 e. The lowest BCUT2D eigenvalue weighted by molar-refractivity contribution is 0.294. The second kappa shape index (κ2) is 7.78. The third-order valence-corrected chi connectivity index (χ3v) is 6.31. The zero-order valence-electron chi connectivity index (χ0n) is 14.4. The number of thiophene rings is 1. The van der Waals surface area contributed by atoms with E-state index < -0.39 is 0 Å². The topological polar surface area (TPSA) is 12.0 Å². The summed E-state index contributed by atoms with van der Waals surface area (Å²) in [5.74, 6) is 0.830. The number of rotatable bonds is 4. The highest BCUT2D eigenvalue weighted by Crippen LogP contribution is 2.38. The van der Waals surface area contributed by atoms with Gasteiger partial charge in [-0.2, -0.15) is 0 Å². The second-order valence-corrected chi connectivity index (χ2v) is 8.71. The predicted molar refractivity (Wildman–Crippen MR) is 95.2 cm³/mol. The van der Waals surface area contributed by atoms with Gasteiger partial charge in [-0.05, 0) is 42.9 Å². The standard InChI is InChI=1S/C19H33NS/c1-5-20-18(15-11-9-7-6-8-10-12-15)16-13-14-17(21-16)19(2,3)4/h13-15,18,20H,5-12H2,1-4H3. The Morgan fingerprint density at radius 1 is 1.10 bits per heavy atom. The van der Waals surface area contributed by atoms with Crippen molar-refractivity contribution >= 4 is 11.3 Å². The van der Waals surface area contributed by atoms with Crippen LogP contribution in [0.4, 0.5) is 0 Å². The highest BCUT2D eigenvalue weighted by molar-refractivity contribution is 7.12. The van der Waals surface area contributed by atoms with Crippen LogP contribution in [0, 0.1) is 5.92 Å². The van der Waals surface area contributed by atoms with Crippen molar-refractivity contribution in [3.05, 3.63) is 21.9 Å². The molecular weight excluding hydrogens is 274 g/mol. The monoisotopic (exact) mass is 307 g/mol. The van der Waals surface area contributed by atoms with Crippen molar-refractivity contribution in [2.24, 2.45) is 5.92 Å². The maximum atomic E-state index is 3.79. The van der Waals surface area contributed by atoms with Crippen molar-refractivity contribution in [2.75, 3.05) is 6.54 Å². The first-order chi connectivity index (χ1) is 10.0. The van der Waals surface area contributed by atoms with Crippen LogP contribution in [0.5, 0.6) is 0 Å². The van der Waals surface area contributed by atoms with E-state index in [-0.39, 0.29) is 5.41 Å². The normalized spacial score (nSPS) is 20.0. The van der Waals surface area contributed by atoms with Gasteiger partial charge in [0.1, 0.15) is 0 Å². The second-order valence-electron chi connectivity index (χ2n) is 7.59. The summed E-state index contributed by atoms with van der Waals surface area (Å²) in [5.41, 5.74) is 0.278. The van der Waals surface area contributed by atoms with Crippen molar-refractivity contribution in [1.29, 1.82) is 0 Å². The van der Waals surface area contributed by atoms with Gasteiger partial charge in [0.2, 0.25) is 0 Å². The third kappa shape index (κ3) is 4.82. The van der Waals surface area contributed by atoms with E-state index in [4.69, 9.17) is 0 Å². The molecule has 1 aromatic heterocycles. The van der Waals surface area contributed by atoms with Gasteiger partial charge < -0.3 is 5.32 Å². The molecule has 1 saturated carbocycles. The molecule has 0 bridgehead atoms. The van der Waals surface area contributed by atoms with Gasteiger partial charge in [0, 0.05) is 15.8 Å². The summed E-state index contributed by atoms with van der Waals surface area (Å²) < 4.78 is 0. The first kappa shape index (κ1) is 17.0. The average Bonchev–Trinajstić information content (AvgIpc) is 2.85. The Bertz CT molecular complexity index is 407. The first-order valence-corrected chi connectivity index (χ1v) is 9.67. The largest absolute Gasteiger partial charge is 0.309 e. The van der Waals surface area contributed by atoms with Crippen molar-refractivity contribution < 1.29 is 0 Å². The molecule has 0 saturated heterocycles. The lowest BCUT2D eigenvalue weighted by atomic mass is 9.85. The quantitative estimate of drug-likeness (QED) is 0.713. The maximum Gasteiger partial charge on any atom is 0.0443 e. The molecule has 1 aliphatic carbocycles. The van der Waals surface area contributed by atoms with Gasteiger partial charge in [0.15, 0.2) is 0 Å². The summed E-state index contributed by atoms with van der Waals surface area (Å²) >= 11 is 2.03. The zero-order chi connectivity index (χ0) is 15.3. The van der Waals surface area contributed by atoms with Gasteiger partial charge >= 0.3 is 0 Å². The molecule has 1 N–H and O–H groups in total. The molecule has 0 spiro atoms. The molecule has 1 nitrogen and oxygen atoms in total. The number of hydrogen-bond acceptors (Lipinski definition) is 2. The molecule has 1 aromatic rings. The van der Waals surface area contributed by atoms with Crippen molar-refractivity contribution in [3.8, 4) is 0 Å². The molecule has 0 aromatic carbocycles. The Morgan fingerprint density at radius 3 is 2.24 bits per heavy atom. The van der Waals surface area contributed by atoms with Crippen molar-refractivity contribution in [2.45, 2.75) is 84.1 Å². The van der Waals surface area contributed by atoms with Crippen LogP contribution in [0.1, 0.15) is 88.4 Å². The van der Waals surface area contributed by atoms with Gasteiger partial charge in [0.25, 0.3) is 0 Å². The van der Waals surface area contributed by atoms with Crippen LogP contribution >= 0.6 is 11.3 Å². The van der Waals surface area contributed by atoms with Crippen molar-refractivity contribution in [3.63, 3.8) is 0 Å². The third-order valence-electron chi connectivity index (χ3n) is 4.72. The molecule has 2 heteroatoms. The van der Waals surface area contributed by atoms with Crippen molar-refractivity contribution in [1.82, 2.24) is 5.32 Å². The summed E-state index contributed by atoms with van der Waals surface area (Å²) in [6.45, 7) is 10.3. The van der Waals surface area contributed by atoms with Gasteiger partial charge in [-0.15, -0.1) is 11.3 Å². The SMILES string of the molecule is CCNC(c1ccc(C(C)(C)C)s1)C1CCCCCCC1. The van der Waals surface area contributed by atoms with E-state index in [1.165, 1.54) is 49.8 Å². The van der Waals surface area contributed by atoms with Crippen LogP contribution in [0.25, 0.3) is 0 Å². The Labute approximate surface area is 135 Å². The maximum absolute atomic E-state index is 3.79. The average molecular weight is 308 g/mol. The van der Waals surface area contributed by atoms with E-state index in [2.05, 4.69) is 45.1 Å². The van der Waals surface area contributed by atoms with Gasteiger partial charge in [-0.1, -0.05) is 59.8 Å². The highest BCUT2D eigenvalue weighted by atomic mass is 32.1. The minimum absolute atomic E-state index is 0.278. The summed E-state index contributed by atoms with van der Waals surface area (Å²) in [6.07, 6.45) is 9.97. The molecule has 21 heavy (non-hydrogen) atoms. The van der Waals surface area contributed by atoms with E-state index in [0.29, 0.717) is 6.04 Å². The van der Waals surface area contributed by atoms with E-state index in [1.807, 2.05) is 11.3 Å². The van der Waals surface area contributed by atoms with E-state index in [9.17, 15) is 0 Å². The summed E-state index contributed by atoms with van der Waals surface area (Å²) in [4.78, 5) is 3.08. The van der Waals surface area contributed by atoms with Crippen LogP contribution in [-0.4, -0.2) is 6.54 Å². The summed E-state index contributed by atoms with van der Waals surface area (Å²) in [7, 11) is 0. The molecule has 2 rings (SSSR count). The fourth-order valence-corrected chi connectivity index (χ4v) is 4.70. The van der Waals surface area contributed by atoms with Gasteiger partial charge in [-0.25, -0.2) is 0 Å². The van der Waals surface area contributed by atoms with Gasteiger partial charge in [0.05, 0.1) is 0 Å². The smallest absolute Gasteiger partial charge is 0.0443 e. The zero-order valence-corrected chi connectivity index (χ0v) is 15.2. The number of nitrogens with one attached hydrogen (secondary N) is 1. The van der Waals surface area contributed by atoms with Crippen LogP contribution in [0.2, 0.25) is 0 Å². The van der Waals surface area contributed by atoms with Crippen LogP contribution in [0.3, 0.4) is 0 Å². The van der Waals surface area contributed by atoms with Crippen LogP contribution in [-0.2, 0) is 5.41 Å². The molecule has 1 fully saturated rings. The fourth-order valence-electron chi connectivity index (χ4n) is 3.46. The number of hydrogen-bond donors (Lipinski definition) is 1.